The maximum absolute atomic E-state index is 10.6. The van der Waals surface area contributed by atoms with Gasteiger partial charge in [0.05, 0.1) is 12.7 Å². The molecular formula is C34H54O8. The van der Waals surface area contributed by atoms with Gasteiger partial charge in [0.2, 0.25) is 0 Å². The Balaban J connectivity index is 1.21. The van der Waals surface area contributed by atoms with Crippen LogP contribution in [0.25, 0.3) is 0 Å². The zero-order valence-corrected chi connectivity index (χ0v) is 26.3. The van der Waals surface area contributed by atoms with Gasteiger partial charge < -0.3 is 29.9 Å². The fraction of sp³-hybridized carbons (Fsp3) is 0.882. The van der Waals surface area contributed by atoms with Gasteiger partial charge in [-0.1, -0.05) is 59.8 Å². The van der Waals surface area contributed by atoms with Crippen molar-refractivity contribution in [2.75, 3.05) is 6.61 Å². The molecule has 5 fully saturated rings. The molecule has 42 heavy (non-hydrogen) atoms. The molecule has 238 valence electrons. The molecule has 0 amide bonds. The van der Waals surface area contributed by atoms with Crippen molar-refractivity contribution in [2.45, 2.75) is 135 Å². The Hall–Kier alpha value is -0.840. The minimum Gasteiger partial charge on any atom is -0.394 e. The highest BCUT2D eigenvalue weighted by molar-refractivity contribution is 5.33. The van der Waals surface area contributed by atoms with Gasteiger partial charge in [0.1, 0.15) is 35.6 Å². The molecule has 2 saturated heterocycles. The van der Waals surface area contributed by atoms with Gasteiger partial charge in [0, 0.05) is 23.7 Å². The van der Waals surface area contributed by atoms with Gasteiger partial charge in [-0.15, -0.1) is 0 Å². The van der Waals surface area contributed by atoms with Gasteiger partial charge in [-0.05, 0) is 73.7 Å². The van der Waals surface area contributed by atoms with E-state index in [0.29, 0.717) is 41.9 Å². The molecule has 0 aromatic carbocycles. The Morgan fingerprint density at radius 1 is 0.881 bits per heavy atom. The number of hydrogen-bond donors (Lipinski definition) is 4. The van der Waals surface area contributed by atoms with Crippen LogP contribution in [0.5, 0.6) is 0 Å². The number of aliphatic hydroxyl groups is 4. The predicted octanol–water partition coefficient (Wildman–Crippen LogP) is 4.30. The first-order valence-electron chi connectivity index (χ1n) is 16.5. The second kappa shape index (κ2) is 10.9. The zero-order chi connectivity index (χ0) is 30.2. The third-order valence-corrected chi connectivity index (χ3v) is 13.3. The molecule has 7 rings (SSSR count). The summed E-state index contributed by atoms with van der Waals surface area (Å²) >= 11 is 0. The molecule has 3 saturated carbocycles. The summed E-state index contributed by atoms with van der Waals surface area (Å²) in [7, 11) is 0. The molecular weight excluding hydrogens is 536 g/mol. The first-order valence-corrected chi connectivity index (χ1v) is 16.5. The summed E-state index contributed by atoms with van der Waals surface area (Å²) in [4.78, 5) is 13.1. The Morgan fingerprint density at radius 3 is 2.31 bits per heavy atom. The van der Waals surface area contributed by atoms with Gasteiger partial charge in [0.15, 0.2) is 6.29 Å². The van der Waals surface area contributed by atoms with Crippen molar-refractivity contribution in [3.05, 3.63) is 24.3 Å². The second-order valence-electron chi connectivity index (χ2n) is 15.5. The van der Waals surface area contributed by atoms with E-state index < -0.39 is 48.5 Å². The van der Waals surface area contributed by atoms with E-state index in [1.165, 1.54) is 12.8 Å². The lowest BCUT2D eigenvalue weighted by Crippen LogP contribution is -2.73. The average Bonchev–Trinajstić information content (AvgIpc) is 3.33. The summed E-state index contributed by atoms with van der Waals surface area (Å²) in [6.07, 6.45) is 9.63. The number of aliphatic hydroxyl groups excluding tert-OH is 4. The quantitative estimate of drug-likeness (QED) is 0.256. The Bertz CT molecular complexity index is 1060. The van der Waals surface area contributed by atoms with Crippen LogP contribution in [0.1, 0.15) is 86.5 Å². The van der Waals surface area contributed by atoms with Crippen LogP contribution in [0.15, 0.2) is 24.3 Å². The molecule has 3 heterocycles. The summed E-state index contributed by atoms with van der Waals surface area (Å²) in [5.41, 5.74) is -0.998. The maximum atomic E-state index is 10.6. The minimum absolute atomic E-state index is 0.118. The molecule has 0 aromatic rings. The predicted molar refractivity (Wildman–Crippen MR) is 157 cm³/mol. The number of allylic oxidation sites excluding steroid dienone is 2. The molecule has 4 aliphatic carbocycles. The van der Waals surface area contributed by atoms with Crippen LogP contribution < -0.4 is 0 Å². The molecule has 7 unspecified atom stereocenters. The van der Waals surface area contributed by atoms with Crippen LogP contribution in [-0.2, 0) is 19.2 Å². The van der Waals surface area contributed by atoms with Crippen molar-refractivity contribution in [1.29, 1.82) is 0 Å². The van der Waals surface area contributed by atoms with E-state index in [9.17, 15) is 20.4 Å². The summed E-state index contributed by atoms with van der Waals surface area (Å²) in [6.45, 7) is 13.7. The van der Waals surface area contributed by atoms with Crippen molar-refractivity contribution < 1.29 is 39.7 Å². The highest BCUT2D eigenvalue weighted by Crippen LogP contribution is 2.73. The molecule has 7 aliphatic rings. The second-order valence-corrected chi connectivity index (χ2v) is 15.5. The Kier molecular flexibility index (Phi) is 8.09. The molecule has 15 atom stereocenters. The van der Waals surface area contributed by atoms with Crippen LogP contribution in [0.2, 0.25) is 0 Å². The third-order valence-electron chi connectivity index (χ3n) is 13.3. The summed E-state index contributed by atoms with van der Waals surface area (Å²) in [5.74, 6) is 3.12. The Labute approximate surface area is 251 Å². The van der Waals surface area contributed by atoms with E-state index in [1.54, 1.807) is 0 Å². The van der Waals surface area contributed by atoms with Gasteiger partial charge in [-0.3, -0.25) is 0 Å². The van der Waals surface area contributed by atoms with Crippen LogP contribution >= 0.6 is 0 Å². The van der Waals surface area contributed by atoms with Crippen molar-refractivity contribution in [2.24, 2.45) is 46.3 Å². The van der Waals surface area contributed by atoms with Crippen LogP contribution in [0.3, 0.4) is 0 Å². The SMILES string of the molecule is CC(C)[C@@H](C)/C=C/[C@@H](C)[C@H]1CCC2[C@]34C=C[C@@]5(C[C@@H](OC6OC(CO)C(O)C(O)C6O)CC[C@]5(C)C3CC[C@@]21C)OO4. The average molecular weight is 591 g/mol. The minimum atomic E-state index is -1.46. The molecule has 8 nitrogen and oxygen atoms in total. The van der Waals surface area contributed by atoms with E-state index in [-0.39, 0.29) is 16.9 Å². The molecule has 2 spiro atoms. The lowest BCUT2D eigenvalue weighted by atomic mass is 9.42. The molecule has 8 heteroatoms. The van der Waals surface area contributed by atoms with E-state index in [0.717, 1.165) is 25.7 Å². The first-order chi connectivity index (χ1) is 19.8. The normalized spacial score (nSPS) is 53.2. The smallest absolute Gasteiger partial charge is 0.186 e. The molecule has 0 radical (unpaired) electrons. The van der Waals surface area contributed by atoms with Crippen LogP contribution in [-0.4, -0.2) is 75.0 Å². The molecule has 4 N–H and O–H groups in total. The standard InChI is InChI=1S/C34H54O8/c1-19(2)20(3)7-8-21(4)23-9-10-25-31(23,5)13-12-26-32(6)14-11-22(17-33(32)15-16-34(25,26)42-41-33)39-30-29(38)28(37)27(36)24(18-35)40-30/h7-8,15-16,19-30,35-38H,9-14,17-18H2,1-6H3/b8-7+/t20-,21+,22-,23+,24?,25?,26?,27?,28?,29?,30?,31+,32+,33-,34+/m0/s1. The monoisotopic (exact) mass is 590 g/mol. The summed E-state index contributed by atoms with van der Waals surface area (Å²) < 4.78 is 11.9. The topological polar surface area (TPSA) is 118 Å². The maximum Gasteiger partial charge on any atom is 0.186 e. The molecule has 0 aromatic heterocycles. The van der Waals surface area contributed by atoms with E-state index in [2.05, 4.69) is 65.8 Å². The van der Waals surface area contributed by atoms with Crippen molar-refractivity contribution in [3.63, 3.8) is 0 Å². The number of fused-ring (bicyclic) bond motifs is 2. The first kappa shape index (κ1) is 31.2. The van der Waals surface area contributed by atoms with Crippen molar-refractivity contribution in [1.82, 2.24) is 0 Å². The number of rotatable bonds is 7. The van der Waals surface area contributed by atoms with Gasteiger partial charge in [-0.2, -0.15) is 0 Å². The number of ether oxygens (including phenoxy) is 2. The summed E-state index contributed by atoms with van der Waals surface area (Å²) in [6, 6.07) is 0. The highest BCUT2D eigenvalue weighted by atomic mass is 17.2. The van der Waals surface area contributed by atoms with E-state index >= 15 is 0 Å². The van der Waals surface area contributed by atoms with Gasteiger partial charge in [-0.25, -0.2) is 9.78 Å². The van der Waals surface area contributed by atoms with Gasteiger partial charge >= 0.3 is 0 Å². The lowest BCUT2D eigenvalue weighted by Gasteiger charge is -2.69. The molecule has 2 bridgehead atoms. The van der Waals surface area contributed by atoms with E-state index in [4.69, 9.17) is 19.2 Å². The van der Waals surface area contributed by atoms with E-state index in [1.807, 2.05) is 0 Å². The highest BCUT2D eigenvalue weighted by Gasteiger charge is 2.74. The lowest BCUT2D eigenvalue weighted by molar-refractivity contribution is -0.499. The van der Waals surface area contributed by atoms with Crippen molar-refractivity contribution >= 4 is 0 Å². The van der Waals surface area contributed by atoms with Crippen LogP contribution in [0.4, 0.5) is 0 Å². The van der Waals surface area contributed by atoms with Crippen LogP contribution in [0, 0.1) is 46.3 Å². The largest absolute Gasteiger partial charge is 0.394 e. The molecule has 3 aliphatic heterocycles. The fourth-order valence-corrected chi connectivity index (χ4v) is 10.2. The fourth-order valence-electron chi connectivity index (χ4n) is 10.2. The third kappa shape index (κ3) is 4.45. The Morgan fingerprint density at radius 2 is 1.64 bits per heavy atom. The zero-order valence-electron chi connectivity index (χ0n) is 26.3. The van der Waals surface area contributed by atoms with Gasteiger partial charge in [0.25, 0.3) is 0 Å². The summed E-state index contributed by atoms with van der Waals surface area (Å²) in [5, 5.41) is 40.6. The van der Waals surface area contributed by atoms with Crippen molar-refractivity contribution in [3.8, 4) is 0 Å². The number of hydrogen-bond acceptors (Lipinski definition) is 8.